The highest BCUT2D eigenvalue weighted by Gasteiger charge is 2.20. The fourth-order valence-electron chi connectivity index (χ4n) is 2.98. The van der Waals surface area contributed by atoms with Gasteiger partial charge in [0, 0.05) is 11.3 Å². The zero-order valence-corrected chi connectivity index (χ0v) is 20.3. The Morgan fingerprint density at radius 1 is 1.03 bits per heavy atom. The number of rotatable bonds is 8. The lowest BCUT2D eigenvalue weighted by atomic mass is 10.3. The number of sulfonamides is 1. The SMILES string of the molecule is Cc1nc(COc2ccccc2)sc1C(=O)Nc1ccc(S(=O)(=O)Nc2onc(C)c2C)cc1. The van der Waals surface area contributed by atoms with Crippen LogP contribution in [0, 0.1) is 20.8 Å². The first kappa shape index (κ1) is 23.5. The predicted octanol–water partition coefficient (Wildman–Crippen LogP) is 4.69. The summed E-state index contributed by atoms with van der Waals surface area (Å²) in [6.07, 6.45) is 0. The molecule has 11 heteroatoms. The van der Waals surface area contributed by atoms with E-state index in [1.54, 1.807) is 20.8 Å². The minimum absolute atomic E-state index is 0.0215. The first-order valence-corrected chi connectivity index (χ1v) is 12.5. The maximum Gasteiger partial charge on any atom is 0.267 e. The maximum absolute atomic E-state index is 12.8. The molecule has 0 saturated heterocycles. The monoisotopic (exact) mass is 498 g/mol. The lowest BCUT2D eigenvalue weighted by molar-refractivity contribution is 0.103. The van der Waals surface area contributed by atoms with Crippen LogP contribution in [0.2, 0.25) is 0 Å². The molecule has 0 bridgehead atoms. The first-order chi connectivity index (χ1) is 16.2. The van der Waals surface area contributed by atoms with Crippen LogP contribution >= 0.6 is 11.3 Å². The summed E-state index contributed by atoms with van der Waals surface area (Å²) in [7, 11) is -3.87. The summed E-state index contributed by atoms with van der Waals surface area (Å²) < 4.78 is 38.4. The Kier molecular flexibility index (Phi) is 6.66. The highest BCUT2D eigenvalue weighted by atomic mass is 32.2. The number of nitrogens with zero attached hydrogens (tertiary/aromatic N) is 2. The summed E-state index contributed by atoms with van der Waals surface area (Å²) >= 11 is 1.25. The molecule has 2 N–H and O–H groups in total. The van der Waals surface area contributed by atoms with Gasteiger partial charge in [-0.05, 0) is 57.2 Å². The number of hydrogen-bond acceptors (Lipinski definition) is 8. The van der Waals surface area contributed by atoms with E-state index < -0.39 is 10.0 Å². The molecular formula is C23H22N4O5S2. The molecule has 4 aromatic rings. The van der Waals surface area contributed by atoms with Crippen LogP contribution in [0.3, 0.4) is 0 Å². The van der Waals surface area contributed by atoms with Gasteiger partial charge in [0.25, 0.3) is 15.9 Å². The summed E-state index contributed by atoms with van der Waals surface area (Å²) in [6.45, 7) is 5.44. The molecule has 0 saturated carbocycles. The number of benzene rings is 2. The highest BCUT2D eigenvalue weighted by Crippen LogP contribution is 2.24. The molecule has 0 atom stereocenters. The van der Waals surface area contributed by atoms with E-state index in [1.165, 1.54) is 35.6 Å². The molecule has 1 amide bonds. The third kappa shape index (κ3) is 5.26. The van der Waals surface area contributed by atoms with Gasteiger partial charge in [0.15, 0.2) is 0 Å². The molecule has 0 radical (unpaired) electrons. The van der Waals surface area contributed by atoms with Crippen LogP contribution in [0.15, 0.2) is 64.0 Å². The van der Waals surface area contributed by atoms with E-state index in [2.05, 4.69) is 20.2 Å². The largest absolute Gasteiger partial charge is 0.486 e. The zero-order valence-electron chi connectivity index (χ0n) is 18.7. The van der Waals surface area contributed by atoms with Crippen LogP contribution in [0.5, 0.6) is 5.75 Å². The average molecular weight is 499 g/mol. The Morgan fingerprint density at radius 2 is 1.74 bits per heavy atom. The average Bonchev–Trinajstić information content (AvgIpc) is 3.35. The van der Waals surface area contributed by atoms with Crippen molar-refractivity contribution in [3.63, 3.8) is 0 Å². The number of carbonyl (C=O) groups excluding carboxylic acids is 1. The number of nitrogens with one attached hydrogen (secondary N) is 2. The standard InChI is InChI=1S/C23H22N4O5S2/c1-14-15(2)26-32-23(14)27-34(29,30)19-11-9-17(10-12-19)25-22(28)21-16(3)24-20(33-21)13-31-18-7-5-4-6-8-18/h4-12,27H,13H2,1-3H3,(H,25,28). The van der Waals surface area contributed by atoms with Gasteiger partial charge in [-0.3, -0.25) is 4.79 Å². The van der Waals surface area contributed by atoms with Crippen molar-refractivity contribution < 1.29 is 22.5 Å². The zero-order chi connectivity index (χ0) is 24.3. The summed E-state index contributed by atoms with van der Waals surface area (Å²) in [6, 6.07) is 15.2. The van der Waals surface area contributed by atoms with Crippen molar-refractivity contribution in [2.75, 3.05) is 10.0 Å². The third-order valence-corrected chi connectivity index (χ3v) is 7.44. The fraction of sp³-hybridized carbons (Fsp3) is 0.174. The fourth-order valence-corrected chi connectivity index (χ4v) is 4.90. The molecule has 0 aliphatic heterocycles. The lowest BCUT2D eigenvalue weighted by Crippen LogP contribution is -2.14. The third-order valence-electron chi connectivity index (χ3n) is 4.96. The molecule has 2 heterocycles. The van der Waals surface area contributed by atoms with Gasteiger partial charge < -0.3 is 14.6 Å². The van der Waals surface area contributed by atoms with Crippen molar-refractivity contribution in [1.29, 1.82) is 0 Å². The minimum Gasteiger partial charge on any atom is -0.486 e. The van der Waals surface area contributed by atoms with Gasteiger partial charge in [-0.15, -0.1) is 11.3 Å². The smallest absolute Gasteiger partial charge is 0.267 e. The molecule has 0 unspecified atom stereocenters. The van der Waals surface area contributed by atoms with Crippen LogP contribution in [0.25, 0.3) is 0 Å². The second-order valence-corrected chi connectivity index (χ2v) is 10.2. The van der Waals surface area contributed by atoms with Gasteiger partial charge in [-0.2, -0.15) is 0 Å². The van der Waals surface area contributed by atoms with E-state index in [9.17, 15) is 13.2 Å². The molecule has 2 aromatic carbocycles. The predicted molar refractivity (Wildman–Crippen MR) is 129 cm³/mol. The molecule has 0 spiro atoms. The normalized spacial score (nSPS) is 11.3. The van der Waals surface area contributed by atoms with E-state index in [1.807, 2.05) is 30.3 Å². The molecule has 0 fully saturated rings. The van der Waals surface area contributed by atoms with Gasteiger partial charge >= 0.3 is 0 Å². The van der Waals surface area contributed by atoms with Crippen molar-refractivity contribution in [1.82, 2.24) is 10.1 Å². The molecule has 34 heavy (non-hydrogen) atoms. The van der Waals surface area contributed by atoms with Crippen molar-refractivity contribution in [3.05, 3.63) is 81.4 Å². The Morgan fingerprint density at radius 3 is 2.38 bits per heavy atom. The molecular weight excluding hydrogens is 476 g/mol. The minimum atomic E-state index is -3.87. The molecule has 0 aliphatic rings. The van der Waals surface area contributed by atoms with Crippen molar-refractivity contribution in [2.45, 2.75) is 32.3 Å². The topological polar surface area (TPSA) is 123 Å². The number of carbonyl (C=O) groups is 1. The van der Waals surface area contributed by atoms with Gasteiger partial charge in [0.05, 0.1) is 16.3 Å². The second-order valence-electron chi connectivity index (χ2n) is 7.43. The Labute approximate surface area is 200 Å². The second kappa shape index (κ2) is 9.65. The Balaban J connectivity index is 1.41. The summed E-state index contributed by atoms with van der Waals surface area (Å²) in [5.74, 6) is 0.463. The van der Waals surface area contributed by atoms with E-state index in [0.29, 0.717) is 32.5 Å². The molecule has 4 rings (SSSR count). The summed E-state index contributed by atoms with van der Waals surface area (Å²) in [5.41, 5.74) is 2.26. The van der Waals surface area contributed by atoms with Gasteiger partial charge in [-0.1, -0.05) is 23.4 Å². The van der Waals surface area contributed by atoms with E-state index in [0.717, 1.165) is 5.75 Å². The van der Waals surface area contributed by atoms with Crippen molar-refractivity contribution in [3.8, 4) is 5.75 Å². The number of anilines is 2. The Hall–Kier alpha value is -3.70. The quantitative estimate of drug-likeness (QED) is 0.361. The van der Waals surface area contributed by atoms with Crippen LogP contribution in [0.1, 0.15) is 31.6 Å². The van der Waals surface area contributed by atoms with Crippen molar-refractivity contribution >= 4 is 38.8 Å². The summed E-state index contributed by atoms with van der Waals surface area (Å²) in [4.78, 5) is 17.6. The van der Waals surface area contributed by atoms with Crippen LogP contribution in [0.4, 0.5) is 11.6 Å². The maximum atomic E-state index is 12.8. The Bertz CT molecular complexity index is 1410. The molecule has 2 aromatic heterocycles. The lowest BCUT2D eigenvalue weighted by Gasteiger charge is -2.08. The number of amides is 1. The number of ether oxygens (including phenoxy) is 1. The number of aryl methyl sites for hydroxylation is 2. The number of aromatic nitrogens is 2. The van der Waals surface area contributed by atoms with Gasteiger partial charge in [0.2, 0.25) is 5.88 Å². The van der Waals surface area contributed by atoms with Crippen LogP contribution in [-0.2, 0) is 16.6 Å². The number of para-hydroxylation sites is 1. The highest BCUT2D eigenvalue weighted by molar-refractivity contribution is 7.92. The number of hydrogen-bond donors (Lipinski definition) is 2. The van der Waals surface area contributed by atoms with E-state index in [-0.39, 0.29) is 23.3 Å². The van der Waals surface area contributed by atoms with E-state index in [4.69, 9.17) is 9.26 Å². The van der Waals surface area contributed by atoms with E-state index >= 15 is 0 Å². The molecule has 0 aliphatic carbocycles. The number of thiazole rings is 1. The van der Waals surface area contributed by atoms with Crippen LogP contribution in [-0.4, -0.2) is 24.5 Å². The van der Waals surface area contributed by atoms with Crippen molar-refractivity contribution in [2.24, 2.45) is 0 Å². The summed E-state index contributed by atoms with van der Waals surface area (Å²) in [5, 5.41) is 7.20. The van der Waals surface area contributed by atoms with Gasteiger partial charge in [-0.25, -0.2) is 18.1 Å². The molecule has 176 valence electrons. The van der Waals surface area contributed by atoms with Gasteiger partial charge in [0.1, 0.15) is 22.2 Å². The molecule has 9 nitrogen and oxygen atoms in total. The first-order valence-electron chi connectivity index (χ1n) is 10.2. The van der Waals surface area contributed by atoms with Crippen LogP contribution < -0.4 is 14.8 Å².